The van der Waals surface area contributed by atoms with Crippen molar-refractivity contribution < 1.29 is 15.0 Å². The minimum atomic E-state index is -0.269. The number of nitrogens with zero attached hydrogens (tertiary/aromatic N) is 3. The molecule has 0 spiro atoms. The number of aromatic nitrogens is 2. The molecule has 6 nitrogen and oxygen atoms in total. The van der Waals surface area contributed by atoms with Crippen LogP contribution >= 0.6 is 0 Å². The molecule has 0 atom stereocenters. The van der Waals surface area contributed by atoms with Crippen LogP contribution in [0.15, 0.2) is 42.9 Å². The van der Waals surface area contributed by atoms with Gasteiger partial charge in [0.15, 0.2) is 0 Å². The molecule has 1 amide bonds. The standard InChI is InChI=1S/C14H17N3O3/c18-8-6-16(7-9-19)14(20)13-10-15-11-17(13)12-4-2-1-3-5-12/h1-5,10-11,18-19H,6-9H2. The van der Waals surface area contributed by atoms with Gasteiger partial charge in [0.1, 0.15) is 5.69 Å². The molecular formula is C14H17N3O3. The molecule has 6 heteroatoms. The van der Waals surface area contributed by atoms with Gasteiger partial charge in [-0.1, -0.05) is 18.2 Å². The molecule has 0 unspecified atom stereocenters. The Morgan fingerprint density at radius 2 is 1.80 bits per heavy atom. The molecule has 0 aliphatic heterocycles. The van der Waals surface area contributed by atoms with Gasteiger partial charge in [-0.25, -0.2) is 4.98 Å². The summed E-state index contributed by atoms with van der Waals surface area (Å²) in [5.74, 6) is -0.269. The van der Waals surface area contributed by atoms with Crippen LogP contribution in [0.5, 0.6) is 0 Å². The number of aliphatic hydroxyl groups is 2. The number of amides is 1. The van der Waals surface area contributed by atoms with Crippen molar-refractivity contribution in [2.75, 3.05) is 26.3 Å². The van der Waals surface area contributed by atoms with E-state index in [1.807, 2.05) is 30.3 Å². The third-order valence-electron chi connectivity index (χ3n) is 2.92. The van der Waals surface area contributed by atoms with E-state index >= 15 is 0 Å². The summed E-state index contributed by atoms with van der Waals surface area (Å²) in [5, 5.41) is 18.0. The number of rotatable bonds is 6. The molecule has 2 rings (SSSR count). The fourth-order valence-electron chi connectivity index (χ4n) is 1.97. The van der Waals surface area contributed by atoms with Crippen molar-refractivity contribution in [2.24, 2.45) is 0 Å². The second-order valence-corrected chi connectivity index (χ2v) is 4.22. The van der Waals surface area contributed by atoms with E-state index in [9.17, 15) is 4.79 Å². The maximum atomic E-state index is 12.4. The molecule has 1 aromatic carbocycles. The summed E-state index contributed by atoms with van der Waals surface area (Å²) in [4.78, 5) is 17.8. The lowest BCUT2D eigenvalue weighted by atomic mass is 10.3. The van der Waals surface area contributed by atoms with Gasteiger partial charge in [0.2, 0.25) is 0 Å². The maximum Gasteiger partial charge on any atom is 0.272 e. The molecule has 0 saturated heterocycles. The fourth-order valence-corrected chi connectivity index (χ4v) is 1.97. The van der Waals surface area contributed by atoms with Gasteiger partial charge in [0.25, 0.3) is 5.91 Å². The van der Waals surface area contributed by atoms with Crippen LogP contribution in [0.2, 0.25) is 0 Å². The molecule has 1 aromatic heterocycles. The predicted octanol–water partition coefficient (Wildman–Crippen LogP) is 0.299. The summed E-state index contributed by atoms with van der Waals surface area (Å²) >= 11 is 0. The second-order valence-electron chi connectivity index (χ2n) is 4.22. The zero-order chi connectivity index (χ0) is 14.4. The molecule has 0 bridgehead atoms. The van der Waals surface area contributed by atoms with E-state index in [-0.39, 0.29) is 32.2 Å². The number of carbonyl (C=O) groups excluding carboxylic acids is 1. The highest BCUT2D eigenvalue weighted by molar-refractivity contribution is 5.93. The fraction of sp³-hybridized carbons (Fsp3) is 0.286. The summed E-state index contributed by atoms with van der Waals surface area (Å²) in [6.07, 6.45) is 3.05. The lowest BCUT2D eigenvalue weighted by Gasteiger charge is -2.21. The number of carbonyl (C=O) groups is 1. The molecule has 2 aromatic rings. The van der Waals surface area contributed by atoms with Crippen LogP contribution in [0.25, 0.3) is 5.69 Å². The molecule has 0 aliphatic carbocycles. The largest absolute Gasteiger partial charge is 0.395 e. The highest BCUT2D eigenvalue weighted by atomic mass is 16.3. The number of imidazole rings is 1. The number of hydrogen-bond acceptors (Lipinski definition) is 4. The molecule has 2 N–H and O–H groups in total. The van der Waals surface area contributed by atoms with Gasteiger partial charge in [-0.15, -0.1) is 0 Å². The van der Waals surface area contributed by atoms with Crippen molar-refractivity contribution in [3.63, 3.8) is 0 Å². The molecule has 0 aliphatic rings. The van der Waals surface area contributed by atoms with Crippen molar-refractivity contribution in [1.82, 2.24) is 14.5 Å². The van der Waals surface area contributed by atoms with Crippen LogP contribution in [0.1, 0.15) is 10.5 Å². The smallest absolute Gasteiger partial charge is 0.272 e. The predicted molar refractivity (Wildman–Crippen MR) is 73.6 cm³/mol. The van der Waals surface area contributed by atoms with Gasteiger partial charge in [-0.05, 0) is 12.1 Å². The van der Waals surface area contributed by atoms with Crippen LogP contribution < -0.4 is 0 Å². The van der Waals surface area contributed by atoms with E-state index in [1.165, 1.54) is 11.1 Å². The highest BCUT2D eigenvalue weighted by Crippen LogP contribution is 2.12. The number of benzene rings is 1. The zero-order valence-electron chi connectivity index (χ0n) is 11.0. The Morgan fingerprint density at radius 3 is 2.40 bits per heavy atom. The SMILES string of the molecule is O=C(c1cncn1-c1ccccc1)N(CCO)CCO. The van der Waals surface area contributed by atoms with Crippen LogP contribution in [0.3, 0.4) is 0 Å². The third-order valence-corrected chi connectivity index (χ3v) is 2.92. The normalized spacial score (nSPS) is 10.5. The summed E-state index contributed by atoms with van der Waals surface area (Å²) in [6, 6.07) is 9.40. The molecular weight excluding hydrogens is 258 g/mol. The van der Waals surface area contributed by atoms with E-state index in [4.69, 9.17) is 10.2 Å². The van der Waals surface area contributed by atoms with Crippen molar-refractivity contribution >= 4 is 5.91 Å². The maximum absolute atomic E-state index is 12.4. The lowest BCUT2D eigenvalue weighted by molar-refractivity contribution is 0.0677. The minimum Gasteiger partial charge on any atom is -0.395 e. The third kappa shape index (κ3) is 3.04. The Morgan fingerprint density at radius 1 is 1.15 bits per heavy atom. The topological polar surface area (TPSA) is 78.6 Å². The van der Waals surface area contributed by atoms with Gasteiger partial charge < -0.3 is 15.1 Å². The van der Waals surface area contributed by atoms with Gasteiger partial charge >= 0.3 is 0 Å². The summed E-state index contributed by atoms with van der Waals surface area (Å²) in [7, 11) is 0. The van der Waals surface area contributed by atoms with E-state index in [1.54, 1.807) is 10.9 Å². The molecule has 1 heterocycles. The second kappa shape index (κ2) is 6.83. The van der Waals surface area contributed by atoms with Crippen molar-refractivity contribution in [1.29, 1.82) is 0 Å². The summed E-state index contributed by atoms with van der Waals surface area (Å²) in [6.45, 7) is 0.0646. The summed E-state index contributed by atoms with van der Waals surface area (Å²) in [5.41, 5.74) is 1.24. The lowest BCUT2D eigenvalue weighted by Crippen LogP contribution is -2.36. The van der Waals surface area contributed by atoms with Crippen LogP contribution in [0, 0.1) is 0 Å². The van der Waals surface area contributed by atoms with Crippen molar-refractivity contribution in [2.45, 2.75) is 0 Å². The molecule has 0 saturated carbocycles. The van der Waals surface area contributed by atoms with E-state index < -0.39 is 0 Å². The van der Waals surface area contributed by atoms with Gasteiger partial charge in [-0.2, -0.15) is 0 Å². The molecule has 0 fully saturated rings. The Hall–Kier alpha value is -2.18. The molecule has 0 radical (unpaired) electrons. The summed E-state index contributed by atoms with van der Waals surface area (Å²) < 4.78 is 1.68. The first-order valence-corrected chi connectivity index (χ1v) is 6.36. The Labute approximate surface area is 116 Å². The van der Waals surface area contributed by atoms with Crippen LogP contribution in [-0.4, -0.2) is 56.9 Å². The van der Waals surface area contributed by atoms with Crippen molar-refractivity contribution in [3.8, 4) is 5.69 Å². The first-order chi connectivity index (χ1) is 9.77. The first-order valence-electron chi connectivity index (χ1n) is 6.36. The van der Waals surface area contributed by atoms with E-state index in [2.05, 4.69) is 4.98 Å². The van der Waals surface area contributed by atoms with Gasteiger partial charge in [-0.3, -0.25) is 9.36 Å². The average Bonchev–Trinajstić information content (AvgIpc) is 2.96. The molecule has 106 valence electrons. The molecule has 20 heavy (non-hydrogen) atoms. The van der Waals surface area contributed by atoms with Gasteiger partial charge in [0, 0.05) is 18.8 Å². The minimum absolute atomic E-state index is 0.148. The zero-order valence-corrected chi connectivity index (χ0v) is 11.0. The Kier molecular flexibility index (Phi) is 4.86. The number of para-hydroxylation sites is 1. The van der Waals surface area contributed by atoms with Crippen LogP contribution in [-0.2, 0) is 0 Å². The van der Waals surface area contributed by atoms with Crippen LogP contribution in [0.4, 0.5) is 0 Å². The monoisotopic (exact) mass is 275 g/mol. The Bertz CT molecular complexity index is 548. The van der Waals surface area contributed by atoms with Crippen molar-refractivity contribution in [3.05, 3.63) is 48.5 Å². The number of aliphatic hydroxyl groups excluding tert-OH is 2. The van der Waals surface area contributed by atoms with Gasteiger partial charge in [0.05, 0.1) is 25.7 Å². The Balaban J connectivity index is 2.29. The average molecular weight is 275 g/mol. The van der Waals surface area contributed by atoms with E-state index in [0.29, 0.717) is 5.69 Å². The highest BCUT2D eigenvalue weighted by Gasteiger charge is 2.19. The first kappa shape index (κ1) is 14.2. The van der Waals surface area contributed by atoms with E-state index in [0.717, 1.165) is 5.69 Å². The quantitative estimate of drug-likeness (QED) is 0.794. The number of hydrogen-bond donors (Lipinski definition) is 2.